The lowest BCUT2D eigenvalue weighted by Crippen LogP contribution is -2.30. The molecule has 0 aromatic heterocycles. The third-order valence-corrected chi connectivity index (χ3v) is 2.73. The molecule has 0 atom stereocenters. The van der Waals surface area contributed by atoms with Gasteiger partial charge in [-0.1, -0.05) is 13.0 Å². The number of benzene rings is 1. The zero-order valence-electron chi connectivity index (χ0n) is 10.5. The van der Waals surface area contributed by atoms with Crippen LogP contribution in [0.15, 0.2) is 18.2 Å². The number of carbonyl (C=O) groups is 1. The Bertz CT molecular complexity index is 393. The lowest BCUT2D eigenvalue weighted by atomic mass is 10.1. The number of carbonyl (C=O) groups excluding carboxylic acids is 1. The fraction of sp³-hybridized carbons (Fsp3) is 0.462. The molecule has 0 amide bonds. The largest absolute Gasteiger partial charge is 0.468 e. The summed E-state index contributed by atoms with van der Waals surface area (Å²) in [6.45, 7) is 5.38. The van der Waals surface area contributed by atoms with Crippen molar-refractivity contribution in [3.05, 3.63) is 35.1 Å². The van der Waals surface area contributed by atoms with Gasteiger partial charge in [-0.15, -0.1) is 0 Å². The maximum Gasteiger partial charge on any atom is 0.319 e. The summed E-state index contributed by atoms with van der Waals surface area (Å²) >= 11 is 0. The maximum absolute atomic E-state index is 13.1. The third-order valence-electron chi connectivity index (χ3n) is 2.73. The molecule has 0 heterocycles. The summed E-state index contributed by atoms with van der Waals surface area (Å²) in [5.74, 6) is -0.527. The lowest BCUT2D eigenvalue weighted by molar-refractivity contribution is -0.142. The molecule has 0 bridgehead atoms. The van der Waals surface area contributed by atoms with Crippen molar-refractivity contribution < 1.29 is 13.9 Å². The highest BCUT2D eigenvalue weighted by Gasteiger charge is 2.11. The van der Waals surface area contributed by atoms with Crippen molar-refractivity contribution >= 4 is 5.97 Å². The highest BCUT2D eigenvalue weighted by Crippen LogP contribution is 2.12. The van der Waals surface area contributed by atoms with Crippen LogP contribution in [0.5, 0.6) is 0 Å². The molecule has 0 saturated heterocycles. The van der Waals surface area contributed by atoms with E-state index in [2.05, 4.69) is 4.74 Å². The van der Waals surface area contributed by atoms with E-state index in [1.165, 1.54) is 19.2 Å². The standard InChI is InChI=1S/C13H18FNO2/c1-4-15(9-13(16)17-3)8-11-7-12(14)6-5-10(11)2/h5-7H,4,8-9H2,1-3H3. The summed E-state index contributed by atoms with van der Waals surface area (Å²) in [6.07, 6.45) is 0. The second-order valence-corrected chi connectivity index (χ2v) is 3.95. The number of aryl methyl sites for hydroxylation is 1. The number of rotatable bonds is 5. The number of ether oxygens (including phenoxy) is 1. The first-order chi connectivity index (χ1) is 8.06. The molecule has 17 heavy (non-hydrogen) atoms. The molecule has 0 unspecified atom stereocenters. The van der Waals surface area contributed by atoms with Gasteiger partial charge in [0.2, 0.25) is 0 Å². The number of methoxy groups -OCH3 is 1. The zero-order chi connectivity index (χ0) is 12.8. The van der Waals surface area contributed by atoms with Crippen LogP contribution in [0.4, 0.5) is 4.39 Å². The van der Waals surface area contributed by atoms with Crippen LogP contribution in [0.1, 0.15) is 18.1 Å². The molecule has 3 nitrogen and oxygen atoms in total. The molecule has 0 aliphatic carbocycles. The van der Waals surface area contributed by atoms with Gasteiger partial charge in [-0.3, -0.25) is 9.69 Å². The van der Waals surface area contributed by atoms with Crippen molar-refractivity contribution in [1.82, 2.24) is 4.90 Å². The average Bonchev–Trinajstić information content (AvgIpc) is 2.32. The second kappa shape index (κ2) is 6.35. The van der Waals surface area contributed by atoms with Gasteiger partial charge in [0.15, 0.2) is 0 Å². The Morgan fingerprint density at radius 3 is 2.76 bits per heavy atom. The molecule has 0 aliphatic rings. The topological polar surface area (TPSA) is 29.5 Å². The number of halogens is 1. The van der Waals surface area contributed by atoms with Crippen molar-refractivity contribution in [1.29, 1.82) is 0 Å². The average molecular weight is 239 g/mol. The molecule has 0 fully saturated rings. The SMILES string of the molecule is CCN(CC(=O)OC)Cc1cc(F)ccc1C. The van der Waals surface area contributed by atoms with Crippen molar-refractivity contribution in [2.75, 3.05) is 20.2 Å². The van der Waals surface area contributed by atoms with Crippen LogP contribution in [0.25, 0.3) is 0 Å². The van der Waals surface area contributed by atoms with Crippen LogP contribution in [0.2, 0.25) is 0 Å². The first kappa shape index (κ1) is 13.6. The summed E-state index contributed by atoms with van der Waals surface area (Å²) < 4.78 is 17.7. The number of hydrogen-bond donors (Lipinski definition) is 0. The monoisotopic (exact) mass is 239 g/mol. The van der Waals surface area contributed by atoms with E-state index in [1.54, 1.807) is 6.07 Å². The summed E-state index contributed by atoms with van der Waals surface area (Å²) in [6, 6.07) is 4.70. The van der Waals surface area contributed by atoms with Gasteiger partial charge in [0.1, 0.15) is 5.82 Å². The number of nitrogens with zero attached hydrogens (tertiary/aromatic N) is 1. The zero-order valence-corrected chi connectivity index (χ0v) is 10.5. The predicted molar refractivity (Wildman–Crippen MR) is 64.1 cm³/mol. The Hall–Kier alpha value is -1.42. The minimum atomic E-state index is -0.277. The summed E-state index contributed by atoms with van der Waals surface area (Å²) in [5.41, 5.74) is 1.92. The molecular weight excluding hydrogens is 221 g/mol. The van der Waals surface area contributed by atoms with Crippen LogP contribution in [0.3, 0.4) is 0 Å². The molecule has 0 N–H and O–H groups in total. The fourth-order valence-corrected chi connectivity index (χ4v) is 1.58. The van der Waals surface area contributed by atoms with E-state index in [0.29, 0.717) is 13.1 Å². The van der Waals surface area contributed by atoms with Crippen molar-refractivity contribution in [2.45, 2.75) is 20.4 Å². The van der Waals surface area contributed by atoms with Crippen molar-refractivity contribution in [2.24, 2.45) is 0 Å². The Kier molecular flexibility index (Phi) is 5.10. The van der Waals surface area contributed by atoms with Crippen LogP contribution in [-0.2, 0) is 16.1 Å². The lowest BCUT2D eigenvalue weighted by Gasteiger charge is -2.20. The Balaban J connectivity index is 2.73. The van der Waals surface area contributed by atoms with Crippen LogP contribution in [0, 0.1) is 12.7 Å². The van der Waals surface area contributed by atoms with Crippen molar-refractivity contribution in [3.8, 4) is 0 Å². The third kappa shape index (κ3) is 4.15. The molecular formula is C13H18FNO2. The smallest absolute Gasteiger partial charge is 0.319 e. The van der Waals surface area contributed by atoms with Crippen molar-refractivity contribution in [3.63, 3.8) is 0 Å². The molecule has 1 aromatic rings. The first-order valence-corrected chi connectivity index (χ1v) is 5.61. The minimum absolute atomic E-state index is 0.225. The minimum Gasteiger partial charge on any atom is -0.468 e. The normalized spacial score (nSPS) is 10.6. The van der Waals surface area contributed by atoms with Gasteiger partial charge in [0, 0.05) is 6.54 Å². The van der Waals surface area contributed by atoms with Gasteiger partial charge in [-0.25, -0.2) is 4.39 Å². The number of hydrogen-bond acceptors (Lipinski definition) is 3. The van der Waals surface area contributed by atoms with E-state index < -0.39 is 0 Å². The van der Waals surface area contributed by atoms with E-state index in [-0.39, 0.29) is 18.3 Å². The van der Waals surface area contributed by atoms with Crippen LogP contribution < -0.4 is 0 Å². The van der Waals surface area contributed by atoms with E-state index in [4.69, 9.17) is 0 Å². The predicted octanol–water partition coefficient (Wildman–Crippen LogP) is 2.13. The van der Waals surface area contributed by atoms with Gasteiger partial charge >= 0.3 is 5.97 Å². The van der Waals surface area contributed by atoms with Gasteiger partial charge in [-0.2, -0.15) is 0 Å². The summed E-state index contributed by atoms with van der Waals surface area (Å²) in [7, 11) is 1.36. The quantitative estimate of drug-likeness (QED) is 0.737. The van der Waals surface area contributed by atoms with Gasteiger partial charge in [0.25, 0.3) is 0 Å². The Morgan fingerprint density at radius 2 is 2.18 bits per heavy atom. The molecule has 0 aliphatic heterocycles. The molecule has 1 aromatic carbocycles. The highest BCUT2D eigenvalue weighted by molar-refractivity contribution is 5.71. The van der Waals surface area contributed by atoms with E-state index in [1.807, 2.05) is 18.7 Å². The summed E-state index contributed by atoms with van der Waals surface area (Å²) in [5, 5.41) is 0. The van der Waals surface area contributed by atoms with Gasteiger partial charge < -0.3 is 4.74 Å². The Morgan fingerprint density at radius 1 is 1.47 bits per heavy atom. The molecule has 4 heteroatoms. The first-order valence-electron chi connectivity index (χ1n) is 5.61. The fourth-order valence-electron chi connectivity index (χ4n) is 1.58. The Labute approximate surface area is 101 Å². The van der Waals surface area contributed by atoms with E-state index in [0.717, 1.165) is 11.1 Å². The summed E-state index contributed by atoms with van der Waals surface area (Å²) in [4.78, 5) is 13.1. The molecule has 1 rings (SSSR count). The molecule has 0 spiro atoms. The molecule has 0 radical (unpaired) electrons. The maximum atomic E-state index is 13.1. The number of likely N-dealkylation sites (N-methyl/N-ethyl adjacent to an activating group) is 1. The van der Waals surface area contributed by atoms with Crippen LogP contribution >= 0.6 is 0 Å². The van der Waals surface area contributed by atoms with Crippen LogP contribution in [-0.4, -0.2) is 31.1 Å². The number of esters is 1. The molecule has 0 saturated carbocycles. The molecule has 94 valence electrons. The van der Waals surface area contributed by atoms with E-state index in [9.17, 15) is 9.18 Å². The van der Waals surface area contributed by atoms with E-state index >= 15 is 0 Å². The highest BCUT2D eigenvalue weighted by atomic mass is 19.1. The second-order valence-electron chi connectivity index (χ2n) is 3.95. The van der Waals surface area contributed by atoms with Gasteiger partial charge in [-0.05, 0) is 36.7 Å². The van der Waals surface area contributed by atoms with Gasteiger partial charge in [0.05, 0.1) is 13.7 Å².